The van der Waals surface area contributed by atoms with E-state index >= 15 is 0 Å². The Kier molecular flexibility index (Phi) is 2.99. The molecule has 0 unspecified atom stereocenters. The van der Waals surface area contributed by atoms with Gasteiger partial charge in [-0.2, -0.15) is 0 Å². The summed E-state index contributed by atoms with van der Waals surface area (Å²) in [7, 11) is 1.49. The van der Waals surface area contributed by atoms with Crippen LogP contribution in [0.4, 0.5) is 4.39 Å². The average molecular weight is 270 g/mol. The number of hydrogen-bond acceptors (Lipinski definition) is 3. The van der Waals surface area contributed by atoms with Gasteiger partial charge in [0.05, 0.1) is 12.7 Å². The molecule has 3 rings (SSSR count). The van der Waals surface area contributed by atoms with Crippen LogP contribution in [0.5, 0.6) is 5.75 Å². The van der Waals surface area contributed by atoms with Crippen molar-refractivity contribution < 1.29 is 18.3 Å². The second kappa shape index (κ2) is 4.81. The Labute approximate surface area is 114 Å². The van der Waals surface area contributed by atoms with Crippen molar-refractivity contribution in [3.63, 3.8) is 0 Å². The number of methoxy groups -OCH3 is 1. The second-order valence-electron chi connectivity index (χ2n) is 4.30. The third kappa shape index (κ3) is 1.95. The van der Waals surface area contributed by atoms with E-state index in [1.54, 1.807) is 36.4 Å². The molecule has 0 aliphatic rings. The van der Waals surface area contributed by atoms with Crippen LogP contribution < -0.4 is 4.74 Å². The topological polar surface area (TPSA) is 39.4 Å². The number of ether oxygens (including phenoxy) is 1. The maximum Gasteiger partial charge on any atom is 0.231 e. The SMILES string of the molecule is COc1ccccc1C(=O)c1cc2cccc(F)c2o1. The van der Waals surface area contributed by atoms with Crippen molar-refractivity contribution in [1.82, 2.24) is 0 Å². The van der Waals surface area contributed by atoms with Crippen LogP contribution in [-0.4, -0.2) is 12.9 Å². The van der Waals surface area contributed by atoms with Crippen LogP contribution in [0.15, 0.2) is 52.9 Å². The molecule has 0 spiro atoms. The summed E-state index contributed by atoms with van der Waals surface area (Å²) >= 11 is 0. The Hall–Kier alpha value is -2.62. The molecule has 3 aromatic rings. The molecule has 0 amide bonds. The fourth-order valence-corrected chi connectivity index (χ4v) is 2.10. The van der Waals surface area contributed by atoms with Gasteiger partial charge >= 0.3 is 0 Å². The molecule has 0 aliphatic carbocycles. The van der Waals surface area contributed by atoms with Crippen molar-refractivity contribution in [2.75, 3.05) is 7.11 Å². The van der Waals surface area contributed by atoms with Crippen molar-refractivity contribution in [3.05, 3.63) is 65.7 Å². The predicted octanol–water partition coefficient (Wildman–Crippen LogP) is 3.81. The molecule has 0 radical (unpaired) electrons. The molecule has 0 N–H and O–H groups in total. The van der Waals surface area contributed by atoms with Gasteiger partial charge in [0, 0.05) is 5.39 Å². The highest BCUT2D eigenvalue weighted by Gasteiger charge is 2.19. The van der Waals surface area contributed by atoms with Crippen LogP contribution in [-0.2, 0) is 0 Å². The van der Waals surface area contributed by atoms with Crippen LogP contribution in [0.3, 0.4) is 0 Å². The Morgan fingerprint density at radius 1 is 1.15 bits per heavy atom. The lowest BCUT2D eigenvalue weighted by Gasteiger charge is -2.04. The van der Waals surface area contributed by atoms with Crippen molar-refractivity contribution in [2.24, 2.45) is 0 Å². The number of fused-ring (bicyclic) bond motifs is 1. The predicted molar refractivity (Wildman–Crippen MR) is 72.6 cm³/mol. The number of hydrogen-bond donors (Lipinski definition) is 0. The molecule has 0 saturated heterocycles. The number of ketones is 1. The number of carbonyl (C=O) groups is 1. The molecular weight excluding hydrogens is 259 g/mol. The van der Waals surface area contributed by atoms with Gasteiger partial charge in [-0.15, -0.1) is 0 Å². The van der Waals surface area contributed by atoms with Gasteiger partial charge in [-0.05, 0) is 24.3 Å². The van der Waals surface area contributed by atoms with E-state index in [1.165, 1.54) is 19.2 Å². The van der Waals surface area contributed by atoms with Crippen LogP contribution in [0.2, 0.25) is 0 Å². The third-order valence-electron chi connectivity index (χ3n) is 3.07. The van der Waals surface area contributed by atoms with Crippen molar-refractivity contribution >= 4 is 16.8 Å². The molecule has 1 heterocycles. The highest BCUT2D eigenvalue weighted by Crippen LogP contribution is 2.26. The summed E-state index contributed by atoms with van der Waals surface area (Å²) in [5.74, 6) is -0.271. The molecule has 0 atom stereocenters. The molecule has 2 aromatic carbocycles. The van der Waals surface area contributed by atoms with Gasteiger partial charge in [0.25, 0.3) is 0 Å². The van der Waals surface area contributed by atoms with E-state index in [9.17, 15) is 9.18 Å². The van der Waals surface area contributed by atoms with Gasteiger partial charge in [-0.1, -0.05) is 24.3 Å². The normalized spacial score (nSPS) is 10.7. The van der Waals surface area contributed by atoms with E-state index in [0.717, 1.165) is 0 Å². The zero-order valence-corrected chi connectivity index (χ0v) is 10.7. The van der Waals surface area contributed by atoms with E-state index in [1.807, 2.05) is 0 Å². The molecule has 100 valence electrons. The molecule has 1 aromatic heterocycles. The standard InChI is InChI=1S/C16H11FO3/c1-19-13-8-3-2-6-11(13)15(18)14-9-10-5-4-7-12(17)16(10)20-14/h2-9H,1H3. The summed E-state index contributed by atoms with van der Waals surface area (Å²) in [6.45, 7) is 0. The summed E-state index contributed by atoms with van der Waals surface area (Å²) < 4.78 is 24.1. The number of halogens is 1. The van der Waals surface area contributed by atoms with E-state index in [4.69, 9.17) is 9.15 Å². The Morgan fingerprint density at radius 3 is 2.70 bits per heavy atom. The molecule has 3 nitrogen and oxygen atoms in total. The number of para-hydroxylation sites is 2. The minimum Gasteiger partial charge on any atom is -0.496 e. The highest BCUT2D eigenvalue weighted by molar-refractivity contribution is 6.10. The van der Waals surface area contributed by atoms with E-state index < -0.39 is 5.82 Å². The molecule has 0 fully saturated rings. The molecule has 20 heavy (non-hydrogen) atoms. The lowest BCUT2D eigenvalue weighted by atomic mass is 10.1. The van der Waals surface area contributed by atoms with Gasteiger partial charge in [-0.3, -0.25) is 4.79 Å². The summed E-state index contributed by atoms with van der Waals surface area (Å²) in [4.78, 5) is 12.4. The number of carbonyl (C=O) groups excluding carboxylic acids is 1. The first-order chi connectivity index (χ1) is 9.70. The molecule has 0 aliphatic heterocycles. The zero-order chi connectivity index (χ0) is 14.1. The minimum absolute atomic E-state index is 0.0887. The van der Waals surface area contributed by atoms with Gasteiger partial charge in [0.2, 0.25) is 5.78 Å². The van der Waals surface area contributed by atoms with Crippen LogP contribution in [0.25, 0.3) is 11.0 Å². The fourth-order valence-electron chi connectivity index (χ4n) is 2.10. The highest BCUT2D eigenvalue weighted by atomic mass is 19.1. The van der Waals surface area contributed by atoms with Crippen molar-refractivity contribution in [1.29, 1.82) is 0 Å². The minimum atomic E-state index is -0.485. The third-order valence-corrected chi connectivity index (χ3v) is 3.07. The van der Waals surface area contributed by atoms with Gasteiger partial charge < -0.3 is 9.15 Å². The number of benzene rings is 2. The molecule has 0 saturated carbocycles. The maximum atomic E-state index is 13.6. The first-order valence-electron chi connectivity index (χ1n) is 6.06. The largest absolute Gasteiger partial charge is 0.496 e. The number of furan rings is 1. The number of rotatable bonds is 3. The van der Waals surface area contributed by atoms with Crippen LogP contribution in [0, 0.1) is 5.82 Å². The maximum absolute atomic E-state index is 13.6. The van der Waals surface area contributed by atoms with Crippen molar-refractivity contribution in [2.45, 2.75) is 0 Å². The Balaban J connectivity index is 2.11. The lowest BCUT2D eigenvalue weighted by molar-refractivity contribution is 0.101. The fraction of sp³-hybridized carbons (Fsp3) is 0.0625. The molecule has 0 bridgehead atoms. The zero-order valence-electron chi connectivity index (χ0n) is 10.7. The smallest absolute Gasteiger partial charge is 0.231 e. The Bertz CT molecular complexity index is 789. The Morgan fingerprint density at radius 2 is 1.95 bits per heavy atom. The summed E-state index contributed by atoms with van der Waals surface area (Å²) in [5.41, 5.74) is 0.472. The van der Waals surface area contributed by atoms with E-state index in [2.05, 4.69) is 0 Å². The van der Waals surface area contributed by atoms with Gasteiger partial charge in [0.15, 0.2) is 17.2 Å². The monoisotopic (exact) mass is 270 g/mol. The first-order valence-corrected chi connectivity index (χ1v) is 6.06. The summed E-state index contributed by atoms with van der Waals surface area (Å²) in [6.07, 6.45) is 0. The molecule has 4 heteroatoms. The van der Waals surface area contributed by atoms with Crippen molar-refractivity contribution in [3.8, 4) is 5.75 Å². The van der Waals surface area contributed by atoms with Gasteiger partial charge in [-0.25, -0.2) is 4.39 Å². The lowest BCUT2D eigenvalue weighted by Crippen LogP contribution is -2.02. The quantitative estimate of drug-likeness (QED) is 0.679. The first kappa shape index (κ1) is 12.4. The summed E-state index contributed by atoms with van der Waals surface area (Å²) in [5, 5.41) is 0.559. The van der Waals surface area contributed by atoms with Crippen LogP contribution in [0.1, 0.15) is 16.1 Å². The summed E-state index contributed by atoms with van der Waals surface area (Å²) in [6, 6.07) is 12.9. The average Bonchev–Trinajstić information content (AvgIpc) is 2.92. The second-order valence-corrected chi connectivity index (χ2v) is 4.30. The van der Waals surface area contributed by atoms with Crippen LogP contribution >= 0.6 is 0 Å². The van der Waals surface area contributed by atoms with E-state index in [-0.39, 0.29) is 17.1 Å². The van der Waals surface area contributed by atoms with E-state index in [0.29, 0.717) is 16.7 Å². The van der Waals surface area contributed by atoms with Gasteiger partial charge in [0.1, 0.15) is 5.75 Å². The molecular formula is C16H11FO3.